The van der Waals surface area contributed by atoms with Crippen LogP contribution in [0.2, 0.25) is 0 Å². The fraction of sp³-hybridized carbons (Fsp3) is 0.800. The minimum atomic E-state index is -0.0680. The van der Waals surface area contributed by atoms with E-state index in [2.05, 4.69) is 27.0 Å². The Morgan fingerprint density at radius 1 is 1.45 bits per heavy atom. The summed E-state index contributed by atoms with van der Waals surface area (Å²) in [6, 6.07) is 0.345. The Labute approximate surface area is 130 Å². The van der Waals surface area contributed by atoms with Crippen LogP contribution >= 0.6 is 0 Å². The summed E-state index contributed by atoms with van der Waals surface area (Å²) in [4.78, 5) is 20.7. The van der Waals surface area contributed by atoms with Gasteiger partial charge in [-0.1, -0.05) is 12.1 Å². The van der Waals surface area contributed by atoms with Crippen LogP contribution in [0, 0.1) is 0 Å². The second-order valence-electron chi connectivity index (χ2n) is 6.31. The normalized spacial score (nSPS) is 29.5. The number of likely N-dealkylation sites (N-methyl/N-ethyl adjacent to an activating group) is 1. The van der Waals surface area contributed by atoms with Crippen LogP contribution < -0.4 is 0 Å². The van der Waals surface area contributed by atoms with Crippen LogP contribution in [0.1, 0.15) is 38.4 Å². The Kier molecular flexibility index (Phi) is 4.44. The van der Waals surface area contributed by atoms with Crippen molar-refractivity contribution in [2.24, 2.45) is 0 Å². The summed E-state index contributed by atoms with van der Waals surface area (Å²) >= 11 is 0. The van der Waals surface area contributed by atoms with Gasteiger partial charge in [-0.05, 0) is 20.4 Å². The minimum absolute atomic E-state index is 0.0427. The molecule has 0 saturated carbocycles. The highest BCUT2D eigenvalue weighted by molar-refractivity contribution is 5.78. The molecule has 7 heteroatoms. The molecule has 0 aliphatic carbocycles. The van der Waals surface area contributed by atoms with Crippen molar-refractivity contribution in [3.8, 4) is 0 Å². The molecule has 3 atom stereocenters. The number of carbonyl (C=O) groups excluding carboxylic acids is 1. The molecule has 0 aromatic carbocycles. The van der Waals surface area contributed by atoms with E-state index in [1.54, 1.807) is 0 Å². The minimum Gasteiger partial charge on any atom is -0.461 e. The molecule has 0 unspecified atom stereocenters. The molecule has 2 fully saturated rings. The summed E-state index contributed by atoms with van der Waals surface area (Å²) in [7, 11) is 2.08. The van der Waals surface area contributed by atoms with Gasteiger partial charge in [-0.25, -0.2) is 0 Å². The maximum absolute atomic E-state index is 11.9. The van der Waals surface area contributed by atoms with Crippen molar-refractivity contribution in [1.29, 1.82) is 0 Å². The molecule has 0 radical (unpaired) electrons. The van der Waals surface area contributed by atoms with Crippen LogP contribution in [0.3, 0.4) is 0 Å². The Balaban J connectivity index is 1.54. The molecule has 2 aliphatic rings. The van der Waals surface area contributed by atoms with Gasteiger partial charge in [0.05, 0.1) is 6.54 Å². The zero-order valence-electron chi connectivity index (χ0n) is 13.5. The first-order valence-corrected chi connectivity index (χ1v) is 8.03. The topological polar surface area (TPSA) is 71.7 Å². The third-order valence-corrected chi connectivity index (χ3v) is 4.61. The lowest BCUT2D eigenvalue weighted by atomic mass is 10.1. The highest BCUT2D eigenvalue weighted by atomic mass is 16.6. The number of esters is 1. The standard InChI is InChI=1S/C15H24N4O3/c1-4-14-16-13(17-22-14)9-18(3)11-5-6-19(8-11)12-7-10(2)21-15(12)20/h10-12H,4-9H2,1-3H3/t10-,11-,12+/m1/s1. The van der Waals surface area contributed by atoms with Crippen molar-refractivity contribution in [3.63, 3.8) is 0 Å². The van der Waals surface area contributed by atoms with Crippen LogP contribution in [0.5, 0.6) is 0 Å². The maximum atomic E-state index is 11.9. The molecule has 22 heavy (non-hydrogen) atoms. The van der Waals surface area contributed by atoms with E-state index in [1.165, 1.54) is 0 Å². The predicted octanol–water partition coefficient (Wildman–Crippen LogP) is 0.842. The smallest absolute Gasteiger partial charge is 0.323 e. The largest absolute Gasteiger partial charge is 0.461 e. The van der Waals surface area contributed by atoms with Crippen molar-refractivity contribution in [2.45, 2.75) is 57.8 Å². The van der Waals surface area contributed by atoms with Gasteiger partial charge in [0.15, 0.2) is 5.82 Å². The number of likely N-dealkylation sites (tertiary alicyclic amines) is 1. The first-order chi connectivity index (χ1) is 10.6. The molecular weight excluding hydrogens is 284 g/mol. The molecular formula is C15H24N4O3. The predicted molar refractivity (Wildman–Crippen MR) is 79.1 cm³/mol. The van der Waals surface area contributed by atoms with Crippen molar-refractivity contribution >= 4 is 5.97 Å². The zero-order valence-corrected chi connectivity index (χ0v) is 13.5. The third-order valence-electron chi connectivity index (χ3n) is 4.61. The average Bonchev–Trinajstić information content (AvgIpc) is 3.18. The molecule has 2 saturated heterocycles. The highest BCUT2D eigenvalue weighted by Gasteiger charge is 2.40. The Morgan fingerprint density at radius 2 is 2.27 bits per heavy atom. The first kappa shape index (κ1) is 15.4. The number of hydrogen-bond donors (Lipinski definition) is 0. The number of carbonyl (C=O) groups is 1. The molecule has 3 rings (SSSR count). The van der Waals surface area contributed by atoms with Gasteiger partial charge in [0.2, 0.25) is 5.89 Å². The molecule has 122 valence electrons. The van der Waals surface area contributed by atoms with E-state index >= 15 is 0 Å². The van der Waals surface area contributed by atoms with Crippen molar-refractivity contribution in [1.82, 2.24) is 19.9 Å². The van der Waals surface area contributed by atoms with E-state index < -0.39 is 0 Å². The van der Waals surface area contributed by atoms with Gasteiger partial charge < -0.3 is 9.26 Å². The zero-order chi connectivity index (χ0) is 15.7. The molecule has 0 N–H and O–H groups in total. The molecule has 0 amide bonds. The summed E-state index contributed by atoms with van der Waals surface area (Å²) in [6.45, 7) is 6.46. The van der Waals surface area contributed by atoms with Crippen LogP contribution in [0.25, 0.3) is 0 Å². The van der Waals surface area contributed by atoms with Crippen LogP contribution in [-0.2, 0) is 22.5 Å². The van der Waals surface area contributed by atoms with Crippen LogP contribution in [0.15, 0.2) is 4.52 Å². The van der Waals surface area contributed by atoms with Crippen LogP contribution in [0.4, 0.5) is 0 Å². The lowest BCUT2D eigenvalue weighted by Gasteiger charge is -2.24. The van der Waals surface area contributed by atoms with Gasteiger partial charge in [0, 0.05) is 32.0 Å². The summed E-state index contributed by atoms with van der Waals surface area (Å²) in [5, 5.41) is 4.00. The fourth-order valence-corrected chi connectivity index (χ4v) is 3.29. The second kappa shape index (κ2) is 6.34. The van der Waals surface area contributed by atoms with Gasteiger partial charge in [0.1, 0.15) is 12.1 Å². The molecule has 7 nitrogen and oxygen atoms in total. The quantitative estimate of drug-likeness (QED) is 0.746. The highest BCUT2D eigenvalue weighted by Crippen LogP contribution is 2.25. The van der Waals surface area contributed by atoms with E-state index in [0.29, 0.717) is 18.5 Å². The SMILES string of the molecule is CCc1nc(CN(C)[C@@H]2CCN([C@H]3C[C@@H](C)OC3=O)C2)no1. The summed E-state index contributed by atoms with van der Waals surface area (Å²) in [5.41, 5.74) is 0. The number of aromatic nitrogens is 2. The maximum Gasteiger partial charge on any atom is 0.323 e. The van der Waals surface area contributed by atoms with E-state index in [-0.39, 0.29) is 18.1 Å². The summed E-state index contributed by atoms with van der Waals surface area (Å²) < 4.78 is 10.4. The fourth-order valence-electron chi connectivity index (χ4n) is 3.29. The average molecular weight is 308 g/mol. The van der Waals surface area contributed by atoms with Crippen molar-refractivity contribution in [2.75, 3.05) is 20.1 Å². The number of aryl methyl sites for hydroxylation is 1. The summed E-state index contributed by atoms with van der Waals surface area (Å²) in [5.74, 6) is 1.34. The van der Waals surface area contributed by atoms with E-state index in [0.717, 1.165) is 38.2 Å². The van der Waals surface area contributed by atoms with Gasteiger partial charge in [-0.2, -0.15) is 4.98 Å². The van der Waals surface area contributed by atoms with Gasteiger partial charge in [-0.15, -0.1) is 0 Å². The van der Waals surface area contributed by atoms with Gasteiger partial charge in [-0.3, -0.25) is 14.6 Å². The van der Waals surface area contributed by atoms with Gasteiger partial charge in [0.25, 0.3) is 0 Å². The lowest BCUT2D eigenvalue weighted by molar-refractivity contribution is -0.144. The number of hydrogen-bond acceptors (Lipinski definition) is 7. The first-order valence-electron chi connectivity index (χ1n) is 8.03. The van der Waals surface area contributed by atoms with Crippen molar-refractivity contribution < 1.29 is 14.1 Å². The number of ether oxygens (including phenoxy) is 1. The molecule has 3 heterocycles. The third kappa shape index (κ3) is 3.15. The van der Waals surface area contributed by atoms with Crippen molar-refractivity contribution in [3.05, 3.63) is 11.7 Å². The lowest BCUT2D eigenvalue weighted by Crippen LogP contribution is -2.40. The van der Waals surface area contributed by atoms with Crippen LogP contribution in [-0.4, -0.2) is 64.2 Å². The molecule has 1 aromatic heterocycles. The Morgan fingerprint density at radius 3 is 2.91 bits per heavy atom. The second-order valence-corrected chi connectivity index (χ2v) is 6.31. The van der Waals surface area contributed by atoms with E-state index in [9.17, 15) is 4.79 Å². The molecule has 1 aromatic rings. The number of cyclic esters (lactones) is 1. The Bertz CT molecular complexity index is 533. The number of nitrogens with zero attached hydrogens (tertiary/aromatic N) is 4. The number of rotatable bonds is 5. The Hall–Kier alpha value is -1.47. The molecule has 0 spiro atoms. The van der Waals surface area contributed by atoms with E-state index in [4.69, 9.17) is 9.26 Å². The summed E-state index contributed by atoms with van der Waals surface area (Å²) in [6.07, 6.45) is 2.66. The molecule has 0 bridgehead atoms. The molecule has 2 aliphatic heterocycles. The monoisotopic (exact) mass is 308 g/mol. The van der Waals surface area contributed by atoms with E-state index in [1.807, 2.05) is 13.8 Å². The van der Waals surface area contributed by atoms with Gasteiger partial charge >= 0.3 is 5.97 Å².